The molecule has 0 aliphatic carbocycles. The van der Waals surface area contributed by atoms with Crippen LogP contribution in [0.3, 0.4) is 0 Å². The molecule has 0 spiro atoms. The molecule has 500 valence electrons. The van der Waals surface area contributed by atoms with Gasteiger partial charge in [-0.05, 0) is 110 Å². The molecule has 0 aromatic rings. The van der Waals surface area contributed by atoms with Gasteiger partial charge in [0, 0.05) is 70.6 Å². The van der Waals surface area contributed by atoms with Gasteiger partial charge in [0.05, 0.1) is 52.8 Å². The van der Waals surface area contributed by atoms with Crippen LogP contribution >= 0.6 is 0 Å². The Hall–Kier alpha value is -8.87. The van der Waals surface area contributed by atoms with Gasteiger partial charge in [-0.3, -0.25) is 28.8 Å². The highest BCUT2D eigenvalue weighted by Crippen LogP contribution is 2.10. The Balaban J connectivity index is 7.27. The number of aliphatic carboxylic acids is 1. The van der Waals surface area contributed by atoms with E-state index in [0.717, 1.165) is 0 Å². The lowest BCUT2D eigenvalue weighted by Gasteiger charge is -2.29. The van der Waals surface area contributed by atoms with E-state index in [2.05, 4.69) is 132 Å². The number of nitrogens with one attached hydrogen (secondary N) is 15. The number of amides is 6. The van der Waals surface area contributed by atoms with Gasteiger partial charge in [-0.15, -0.1) is 0 Å². The van der Waals surface area contributed by atoms with Crippen LogP contribution in [0.2, 0.25) is 0 Å². The third-order valence-electron chi connectivity index (χ3n) is 13.1. The smallest absolute Gasteiger partial charge is 0.326 e. The van der Waals surface area contributed by atoms with Crippen molar-refractivity contribution in [3.63, 3.8) is 0 Å². The molecule has 0 aliphatic rings. The second-order valence-electron chi connectivity index (χ2n) is 21.4. The largest absolute Gasteiger partial charge is 0.480 e. The van der Waals surface area contributed by atoms with Crippen molar-refractivity contribution in [2.75, 3.05) is 58.9 Å². The molecular formula is C57H109N23O8. The Morgan fingerprint density at radius 2 is 0.568 bits per heavy atom. The highest BCUT2D eigenvalue weighted by atomic mass is 16.4. The van der Waals surface area contributed by atoms with Crippen LogP contribution in [0.15, 0.2) is 99.1 Å². The minimum absolute atomic E-state index is 0.00222. The molecule has 88 heavy (non-hydrogen) atoms. The molecule has 0 aliphatic heterocycles. The number of hydrogen-bond donors (Lipinski definition) is 24. The minimum atomic E-state index is -1.28. The maximum Gasteiger partial charge on any atom is 0.326 e. The fourth-order valence-corrected chi connectivity index (χ4v) is 8.52. The lowest BCUT2D eigenvalue weighted by atomic mass is 10.0. The summed E-state index contributed by atoms with van der Waals surface area (Å²) in [5.74, 6) is -3.77. The molecule has 0 rings (SSSR count). The molecular weight excluding hydrogens is 1130 g/mol. The van der Waals surface area contributed by atoms with Crippen LogP contribution in [-0.2, 0) is 33.6 Å². The fraction of sp³-hybridized carbons (Fsp3) is 0.596. The quantitative estimate of drug-likeness (QED) is 0.0257. The summed E-state index contributed by atoms with van der Waals surface area (Å²) in [6.45, 7) is 33.7. The molecule has 0 aromatic carbocycles. The van der Waals surface area contributed by atoms with E-state index in [1.54, 1.807) is 6.92 Å². The van der Waals surface area contributed by atoms with Gasteiger partial charge in [0.15, 0.2) is 0 Å². The zero-order valence-corrected chi connectivity index (χ0v) is 51.9. The average Bonchev–Trinajstić information content (AvgIpc) is 2.16. The van der Waals surface area contributed by atoms with Gasteiger partial charge >= 0.3 is 5.97 Å². The van der Waals surface area contributed by atoms with Crippen molar-refractivity contribution in [2.45, 2.75) is 158 Å². The zero-order chi connectivity index (χ0) is 66.6. The Morgan fingerprint density at radius 3 is 0.875 bits per heavy atom. The first-order chi connectivity index (χ1) is 41.5. The summed E-state index contributed by atoms with van der Waals surface area (Å²) in [5.41, 5.74) is 46.9. The maximum atomic E-state index is 14.8. The van der Waals surface area contributed by atoms with E-state index in [0.29, 0.717) is 96.3 Å². The summed E-state index contributed by atoms with van der Waals surface area (Å²) in [4.78, 5) is 98.1. The number of allylic oxidation sites excluding steroid dienone is 1. The van der Waals surface area contributed by atoms with Crippen molar-refractivity contribution in [1.29, 1.82) is 0 Å². The second-order valence-corrected chi connectivity index (χ2v) is 21.4. The summed E-state index contributed by atoms with van der Waals surface area (Å²) in [5, 5.41) is 53.6. The molecule has 31 heteroatoms. The number of carboxylic acid groups (broad SMARTS) is 1. The lowest BCUT2D eigenvalue weighted by Crippen LogP contribution is -2.59. The van der Waals surface area contributed by atoms with E-state index in [1.165, 1.54) is 0 Å². The van der Waals surface area contributed by atoms with Gasteiger partial charge < -0.3 is 131 Å². The number of nitrogens with two attached hydrogens (primary N) is 8. The van der Waals surface area contributed by atoms with Crippen molar-refractivity contribution in [1.82, 2.24) is 79.8 Å². The molecule has 0 fully saturated rings. The first-order valence-corrected chi connectivity index (χ1v) is 29.7. The number of carboxylic acids is 1. The van der Waals surface area contributed by atoms with Gasteiger partial charge in [0.2, 0.25) is 35.4 Å². The third-order valence-corrected chi connectivity index (χ3v) is 13.1. The van der Waals surface area contributed by atoms with E-state index < -0.39 is 89.7 Å². The molecule has 0 aromatic heterocycles. The SMILES string of the molecule is C=C(C)NCCCC(NC(=O)C(CCCNC(=C)N)NC(=O)C(CCCNC(=C)N)NC(=O)C(N)CCCNC(=C)N)C(=O)NC(CCCNC(=C)N)C(=O)NC(CCCNC(=C)N)CNC(CCCNC(=C)N)C(=O)NC(CCCNC(=C)N)C(=O)O. The Kier molecular flexibility index (Phi) is 41.7. The van der Waals surface area contributed by atoms with Crippen molar-refractivity contribution in [3.05, 3.63) is 99.1 Å². The molecule has 0 saturated carbocycles. The van der Waals surface area contributed by atoms with Crippen molar-refractivity contribution in [2.24, 2.45) is 45.9 Å². The first kappa shape index (κ1) is 79.1. The van der Waals surface area contributed by atoms with Crippen LogP contribution in [0.1, 0.15) is 110 Å². The number of carbonyl (C=O) groups excluding carboxylic acids is 6. The monoisotopic (exact) mass is 1240 g/mol. The van der Waals surface area contributed by atoms with Gasteiger partial charge in [-0.25, -0.2) is 4.79 Å². The average molecular weight is 1240 g/mol. The van der Waals surface area contributed by atoms with E-state index in [4.69, 9.17) is 45.9 Å². The molecule has 0 heterocycles. The lowest BCUT2D eigenvalue weighted by molar-refractivity contribution is -0.142. The third kappa shape index (κ3) is 41.2. The Labute approximate surface area is 520 Å². The van der Waals surface area contributed by atoms with Crippen LogP contribution in [0.25, 0.3) is 0 Å². The molecule has 0 bridgehead atoms. The molecule has 31 nitrogen and oxygen atoms in total. The van der Waals surface area contributed by atoms with Crippen LogP contribution < -0.4 is 126 Å². The first-order valence-electron chi connectivity index (χ1n) is 29.7. The summed E-state index contributed by atoms with van der Waals surface area (Å²) < 4.78 is 0. The molecule has 8 atom stereocenters. The summed E-state index contributed by atoms with van der Waals surface area (Å²) in [6, 6.07) is -8.86. The van der Waals surface area contributed by atoms with E-state index in [1.807, 2.05) is 0 Å². The molecule has 6 amide bonds. The Bertz CT molecular complexity index is 2290. The number of rotatable bonds is 56. The highest BCUT2D eigenvalue weighted by Gasteiger charge is 2.33. The van der Waals surface area contributed by atoms with Crippen molar-refractivity contribution in [3.8, 4) is 0 Å². The van der Waals surface area contributed by atoms with Gasteiger partial charge in [0.25, 0.3) is 0 Å². The predicted molar refractivity (Wildman–Crippen MR) is 345 cm³/mol. The zero-order valence-electron chi connectivity index (χ0n) is 51.9. The highest BCUT2D eigenvalue weighted by molar-refractivity contribution is 5.96. The Morgan fingerprint density at radius 1 is 0.330 bits per heavy atom. The van der Waals surface area contributed by atoms with Crippen molar-refractivity contribution < 1.29 is 38.7 Å². The van der Waals surface area contributed by atoms with E-state index in [-0.39, 0.29) is 112 Å². The summed E-state index contributed by atoms with van der Waals surface area (Å²) in [6.07, 6.45) is 3.97. The van der Waals surface area contributed by atoms with Gasteiger partial charge in [-0.1, -0.05) is 52.6 Å². The standard InChI is InChI=1S/C57H109N23O8/c1-35(2)66-26-13-21-48(79-56(86)49(24-16-32-72-41(8)63)78-54(84)47(23-15-31-71-40(7)62)76-51(81)44(65)19-11-28-68-37(4)59)55(85)77-46(22-14-30-70-39(6)61)53(83)75-43(18-10-27-67-36(3)58)34-74-45(20-12-29-69-38(5)60)52(82)80-50(57(87)88)25-17-33-73-42(9)64/h43-50,66-74H,1,3-34,58-65H2,2H3,(H,75,83)(H,76,81)(H,77,85)(H,78,84)(H,79,86)(H,80,82)(H,87,88). The topological polar surface area (TPSA) is 528 Å². The van der Waals surface area contributed by atoms with Crippen LogP contribution in [0.4, 0.5) is 0 Å². The minimum Gasteiger partial charge on any atom is -0.480 e. The van der Waals surface area contributed by atoms with Crippen LogP contribution in [-0.4, -0.2) is 154 Å². The van der Waals surface area contributed by atoms with E-state index >= 15 is 0 Å². The fourth-order valence-electron chi connectivity index (χ4n) is 8.52. The molecule has 32 N–H and O–H groups in total. The molecule has 0 saturated heterocycles. The second kappa shape index (κ2) is 46.4. The van der Waals surface area contributed by atoms with Crippen LogP contribution in [0.5, 0.6) is 0 Å². The maximum absolute atomic E-state index is 14.8. The van der Waals surface area contributed by atoms with E-state index in [9.17, 15) is 38.7 Å². The molecule has 0 radical (unpaired) electrons. The predicted octanol–water partition coefficient (Wildman–Crippen LogP) is -4.23. The summed E-state index contributed by atoms with van der Waals surface area (Å²) >= 11 is 0. The van der Waals surface area contributed by atoms with Crippen LogP contribution in [0, 0.1) is 0 Å². The number of carbonyl (C=O) groups is 7. The number of hydrogen-bond acceptors (Lipinski definition) is 24. The van der Waals surface area contributed by atoms with Crippen molar-refractivity contribution >= 4 is 41.4 Å². The normalized spacial score (nSPS) is 13.4. The van der Waals surface area contributed by atoms with Gasteiger partial charge in [0.1, 0.15) is 30.2 Å². The molecule has 8 unspecified atom stereocenters. The summed E-state index contributed by atoms with van der Waals surface area (Å²) in [7, 11) is 0. The van der Waals surface area contributed by atoms with Gasteiger partial charge in [-0.2, -0.15) is 0 Å².